The van der Waals surface area contributed by atoms with Gasteiger partial charge in [0.15, 0.2) is 5.41 Å². The van der Waals surface area contributed by atoms with Crippen LogP contribution in [0.25, 0.3) is 0 Å². The van der Waals surface area contributed by atoms with E-state index < -0.39 is 30.0 Å². The number of hydrogen-bond acceptors (Lipinski definition) is 3. The lowest BCUT2D eigenvalue weighted by molar-refractivity contribution is -0.236. The van der Waals surface area contributed by atoms with Crippen molar-refractivity contribution in [2.75, 3.05) is 13.1 Å². The minimum atomic E-state index is -4.86. The summed E-state index contributed by atoms with van der Waals surface area (Å²) in [4.78, 5) is 11.4. The van der Waals surface area contributed by atoms with Crippen LogP contribution in [-0.2, 0) is 11.2 Å². The van der Waals surface area contributed by atoms with Crippen LogP contribution in [0.4, 0.5) is 13.2 Å². The summed E-state index contributed by atoms with van der Waals surface area (Å²) < 4.78 is 40.1. The summed E-state index contributed by atoms with van der Waals surface area (Å²) in [6, 6.07) is 3.11. The van der Waals surface area contributed by atoms with E-state index in [-0.39, 0.29) is 18.7 Å². The highest BCUT2D eigenvalue weighted by atomic mass is 19.4. The van der Waals surface area contributed by atoms with E-state index in [1.54, 1.807) is 19.9 Å². The quantitative estimate of drug-likeness (QED) is 0.801. The van der Waals surface area contributed by atoms with Gasteiger partial charge in [-0.2, -0.15) is 13.2 Å². The maximum atomic E-state index is 13.4. The number of halogens is 3. The Bertz CT molecular complexity index is 600. The van der Waals surface area contributed by atoms with Crippen molar-refractivity contribution < 1.29 is 28.2 Å². The van der Waals surface area contributed by atoms with Crippen LogP contribution in [0.5, 0.6) is 5.75 Å². The van der Waals surface area contributed by atoms with E-state index in [0.717, 1.165) is 11.1 Å². The maximum Gasteiger partial charge on any atom is 0.406 e. The molecule has 1 aliphatic rings. The number of benzene rings is 1. The van der Waals surface area contributed by atoms with E-state index in [4.69, 9.17) is 0 Å². The molecular weight excluding hydrogens is 299 g/mol. The molecule has 0 aliphatic carbocycles. The predicted octanol–water partition coefficient (Wildman–Crippen LogP) is 2.40. The fourth-order valence-corrected chi connectivity index (χ4v) is 3.00. The van der Waals surface area contributed by atoms with Crippen LogP contribution in [0.15, 0.2) is 12.1 Å². The average molecular weight is 317 g/mol. The molecule has 0 aromatic heterocycles. The van der Waals surface area contributed by atoms with Crippen molar-refractivity contribution in [3.05, 3.63) is 28.8 Å². The van der Waals surface area contributed by atoms with Gasteiger partial charge in [0, 0.05) is 12.5 Å². The summed E-state index contributed by atoms with van der Waals surface area (Å²) >= 11 is 0. The summed E-state index contributed by atoms with van der Waals surface area (Å²) in [6.45, 7) is 2.87. The van der Waals surface area contributed by atoms with Crippen LogP contribution >= 0.6 is 0 Å². The molecule has 7 heteroatoms. The Labute approximate surface area is 126 Å². The molecule has 0 radical (unpaired) electrons. The van der Waals surface area contributed by atoms with E-state index in [1.807, 2.05) is 0 Å². The highest BCUT2D eigenvalue weighted by molar-refractivity contribution is 5.77. The molecule has 1 aromatic rings. The van der Waals surface area contributed by atoms with Crippen LogP contribution in [0.3, 0.4) is 0 Å². The van der Waals surface area contributed by atoms with Crippen molar-refractivity contribution in [3.8, 4) is 5.75 Å². The largest absolute Gasteiger partial charge is 0.508 e. The predicted molar refractivity (Wildman–Crippen MR) is 73.8 cm³/mol. The van der Waals surface area contributed by atoms with Gasteiger partial charge in [0.1, 0.15) is 5.75 Å². The third kappa shape index (κ3) is 2.54. The average Bonchev–Trinajstić information content (AvgIpc) is 2.80. The third-order valence-corrected chi connectivity index (χ3v) is 4.54. The number of nitrogens with one attached hydrogen (secondary N) is 1. The lowest BCUT2D eigenvalue weighted by atomic mass is 9.74. The summed E-state index contributed by atoms with van der Waals surface area (Å²) in [5.41, 5.74) is -0.817. The molecule has 0 spiro atoms. The number of rotatable bonds is 3. The Morgan fingerprint density at radius 2 is 1.95 bits per heavy atom. The van der Waals surface area contributed by atoms with Gasteiger partial charge in [0.25, 0.3) is 0 Å². The van der Waals surface area contributed by atoms with Crippen molar-refractivity contribution in [2.24, 2.45) is 11.3 Å². The molecule has 4 nitrogen and oxygen atoms in total. The maximum absolute atomic E-state index is 13.4. The molecule has 3 N–H and O–H groups in total. The molecule has 0 bridgehead atoms. The van der Waals surface area contributed by atoms with Gasteiger partial charge < -0.3 is 15.5 Å². The Morgan fingerprint density at radius 3 is 2.50 bits per heavy atom. The van der Waals surface area contributed by atoms with E-state index in [1.165, 1.54) is 6.07 Å². The van der Waals surface area contributed by atoms with Crippen molar-refractivity contribution in [2.45, 2.75) is 26.4 Å². The highest BCUT2D eigenvalue weighted by Gasteiger charge is 2.66. The minimum absolute atomic E-state index is 0.0574. The smallest absolute Gasteiger partial charge is 0.406 e. The number of phenolic OH excluding ortho intramolecular Hbond substituents is 1. The van der Waals surface area contributed by atoms with E-state index >= 15 is 0 Å². The fraction of sp³-hybridized carbons (Fsp3) is 0.533. The van der Waals surface area contributed by atoms with Gasteiger partial charge in [-0.1, -0.05) is 6.07 Å². The zero-order chi connectivity index (χ0) is 16.7. The summed E-state index contributed by atoms with van der Waals surface area (Å²) in [6.07, 6.45) is -5.01. The van der Waals surface area contributed by atoms with Crippen molar-refractivity contribution in [1.82, 2.24) is 5.32 Å². The molecule has 122 valence electrons. The van der Waals surface area contributed by atoms with Crippen LogP contribution in [0, 0.1) is 25.2 Å². The molecular formula is C15H18F3NO3. The lowest BCUT2D eigenvalue weighted by Crippen LogP contribution is -2.51. The molecule has 0 saturated carbocycles. The minimum Gasteiger partial charge on any atom is -0.508 e. The molecule has 1 fully saturated rings. The molecule has 22 heavy (non-hydrogen) atoms. The van der Waals surface area contributed by atoms with Gasteiger partial charge in [0.2, 0.25) is 0 Å². The van der Waals surface area contributed by atoms with Gasteiger partial charge in [0.05, 0.1) is 0 Å². The first-order valence-electron chi connectivity index (χ1n) is 6.89. The number of aryl methyl sites for hydroxylation is 2. The molecule has 2 unspecified atom stereocenters. The van der Waals surface area contributed by atoms with Crippen LogP contribution < -0.4 is 5.32 Å². The topological polar surface area (TPSA) is 69.6 Å². The number of carboxylic acids is 1. The molecule has 2 rings (SSSR count). The van der Waals surface area contributed by atoms with Gasteiger partial charge in [-0.15, -0.1) is 0 Å². The molecule has 1 saturated heterocycles. The van der Waals surface area contributed by atoms with Crippen molar-refractivity contribution in [3.63, 3.8) is 0 Å². The monoisotopic (exact) mass is 317 g/mol. The lowest BCUT2D eigenvalue weighted by Gasteiger charge is -2.32. The van der Waals surface area contributed by atoms with E-state index in [2.05, 4.69) is 5.32 Å². The van der Waals surface area contributed by atoms with Gasteiger partial charge in [-0.05, 0) is 49.6 Å². The first-order valence-corrected chi connectivity index (χ1v) is 6.89. The number of aromatic hydroxyl groups is 1. The number of carbonyl (C=O) groups is 1. The molecule has 0 amide bonds. The number of alkyl halides is 3. The van der Waals surface area contributed by atoms with Crippen molar-refractivity contribution >= 4 is 5.97 Å². The molecule has 1 heterocycles. The van der Waals surface area contributed by atoms with Gasteiger partial charge in [-0.25, -0.2) is 0 Å². The molecule has 2 atom stereocenters. The Hall–Kier alpha value is -1.76. The Morgan fingerprint density at radius 1 is 1.36 bits per heavy atom. The Kier molecular flexibility index (Phi) is 4.12. The van der Waals surface area contributed by atoms with Crippen LogP contribution in [0.1, 0.15) is 16.7 Å². The fourth-order valence-electron chi connectivity index (χ4n) is 3.00. The normalized spacial score (nSPS) is 25.4. The van der Waals surface area contributed by atoms with E-state index in [0.29, 0.717) is 5.56 Å². The highest BCUT2D eigenvalue weighted by Crippen LogP contribution is 2.48. The first-order chi connectivity index (χ1) is 10.1. The second kappa shape index (κ2) is 5.46. The zero-order valence-corrected chi connectivity index (χ0v) is 12.3. The second-order valence-corrected chi connectivity index (χ2v) is 5.87. The van der Waals surface area contributed by atoms with Crippen molar-refractivity contribution in [1.29, 1.82) is 0 Å². The van der Waals surface area contributed by atoms with E-state index in [9.17, 15) is 28.2 Å². The van der Waals surface area contributed by atoms with Gasteiger partial charge >= 0.3 is 12.1 Å². The SMILES string of the molecule is Cc1cc(O)c(CC2CNCC2(C(=O)O)C(F)(F)F)cc1C. The summed E-state index contributed by atoms with van der Waals surface area (Å²) in [7, 11) is 0. The molecule has 1 aliphatic heterocycles. The van der Waals surface area contributed by atoms with Crippen LogP contribution in [-0.4, -0.2) is 35.4 Å². The third-order valence-electron chi connectivity index (χ3n) is 4.54. The van der Waals surface area contributed by atoms with Gasteiger partial charge in [-0.3, -0.25) is 4.79 Å². The zero-order valence-electron chi connectivity index (χ0n) is 12.3. The number of hydrogen-bond donors (Lipinski definition) is 3. The summed E-state index contributed by atoms with van der Waals surface area (Å²) in [5.74, 6) is -3.15. The Balaban J connectivity index is 2.40. The number of carboxylic acid groups (broad SMARTS) is 1. The first kappa shape index (κ1) is 16.6. The number of phenols is 1. The summed E-state index contributed by atoms with van der Waals surface area (Å²) in [5, 5.41) is 21.7. The molecule has 1 aromatic carbocycles. The van der Waals surface area contributed by atoms with Crippen LogP contribution in [0.2, 0.25) is 0 Å². The standard InChI is InChI=1S/C15H18F3NO3/c1-8-3-10(12(20)4-9(8)2)5-11-6-19-7-14(11,13(21)22)15(16,17)18/h3-4,11,19-20H,5-7H2,1-2H3,(H,21,22). The number of aliphatic carboxylic acids is 1. The second-order valence-electron chi connectivity index (χ2n) is 5.87.